The third kappa shape index (κ3) is 5.07. The van der Waals surface area contributed by atoms with Gasteiger partial charge in [-0.2, -0.15) is 13.2 Å². The lowest BCUT2D eigenvalue weighted by molar-refractivity contribution is -0.144. The number of aliphatic carboxylic acids is 1. The van der Waals surface area contributed by atoms with Gasteiger partial charge in [0.1, 0.15) is 5.82 Å². The number of fused-ring (bicyclic) bond motifs is 1. The van der Waals surface area contributed by atoms with E-state index in [0.29, 0.717) is 24.0 Å². The normalized spacial score (nSPS) is 14.1. The summed E-state index contributed by atoms with van der Waals surface area (Å²) in [6.45, 7) is 1.16. The van der Waals surface area contributed by atoms with Crippen molar-refractivity contribution in [2.45, 2.75) is 31.1 Å². The van der Waals surface area contributed by atoms with Crippen LogP contribution in [0.15, 0.2) is 36.4 Å². The zero-order chi connectivity index (χ0) is 24.6. The second-order valence-corrected chi connectivity index (χ2v) is 8.63. The first kappa shape index (κ1) is 24.8. The molecule has 5 N–H and O–H groups in total. The summed E-state index contributed by atoms with van der Waals surface area (Å²) >= 11 is 5.93. The number of hydrogen-bond acceptors (Lipinski definition) is 5. The molecule has 0 saturated heterocycles. The molecule has 1 heterocycles. The van der Waals surface area contributed by atoms with E-state index in [1.165, 1.54) is 6.07 Å². The number of carboxylic acids is 1. The van der Waals surface area contributed by atoms with Crippen molar-refractivity contribution in [2.75, 3.05) is 26.4 Å². The molecule has 178 valence electrons. The number of alkyl halides is 3. The van der Waals surface area contributed by atoms with Gasteiger partial charge in [-0.15, -0.1) is 0 Å². The topological polar surface area (TPSA) is 110 Å². The lowest BCUT2D eigenvalue weighted by Crippen LogP contribution is -2.49. The van der Waals surface area contributed by atoms with E-state index < -0.39 is 35.4 Å². The van der Waals surface area contributed by atoms with Crippen LogP contribution in [-0.2, 0) is 29.5 Å². The van der Waals surface area contributed by atoms with Gasteiger partial charge >= 0.3 is 12.1 Å². The summed E-state index contributed by atoms with van der Waals surface area (Å²) < 4.78 is 42.0. The number of para-hydroxylation sites is 2. The molecule has 1 atom stereocenters. The van der Waals surface area contributed by atoms with Crippen molar-refractivity contribution in [2.24, 2.45) is 5.73 Å². The summed E-state index contributed by atoms with van der Waals surface area (Å²) in [4.78, 5) is 18.9. The van der Waals surface area contributed by atoms with Gasteiger partial charge in [0.25, 0.3) is 0 Å². The van der Waals surface area contributed by atoms with Crippen LogP contribution >= 0.6 is 11.6 Å². The van der Waals surface area contributed by atoms with Crippen molar-refractivity contribution < 1.29 is 23.1 Å². The van der Waals surface area contributed by atoms with Crippen molar-refractivity contribution in [3.63, 3.8) is 0 Å². The summed E-state index contributed by atoms with van der Waals surface area (Å²) in [5, 5.41) is 9.77. The molecular weight excluding hydrogens is 459 g/mol. The molecule has 0 radical (unpaired) electrons. The number of imidazole rings is 1. The molecule has 0 aliphatic carbocycles. The summed E-state index contributed by atoms with van der Waals surface area (Å²) in [6.07, 6.45) is -4.55. The number of nitrogens with two attached hydrogens (primary N) is 2. The molecule has 0 bridgehead atoms. The summed E-state index contributed by atoms with van der Waals surface area (Å²) in [7, 11) is 3.83. The number of benzene rings is 2. The van der Waals surface area contributed by atoms with Crippen LogP contribution in [0.25, 0.3) is 11.0 Å². The van der Waals surface area contributed by atoms with E-state index in [2.05, 4.69) is 4.98 Å². The highest BCUT2D eigenvalue weighted by Gasteiger charge is 2.42. The lowest BCUT2D eigenvalue weighted by Gasteiger charge is -2.26. The number of aromatic nitrogens is 2. The van der Waals surface area contributed by atoms with Crippen LogP contribution in [0, 0.1) is 0 Å². The van der Waals surface area contributed by atoms with E-state index in [9.17, 15) is 23.1 Å². The van der Waals surface area contributed by atoms with Crippen molar-refractivity contribution >= 4 is 34.3 Å². The van der Waals surface area contributed by atoms with Crippen LogP contribution in [0.4, 0.5) is 18.9 Å². The van der Waals surface area contributed by atoms with Crippen LogP contribution in [0.3, 0.4) is 0 Å². The molecule has 0 aliphatic heterocycles. The Morgan fingerprint density at radius 3 is 2.52 bits per heavy atom. The van der Waals surface area contributed by atoms with Gasteiger partial charge in [0.2, 0.25) is 0 Å². The average molecular weight is 484 g/mol. The van der Waals surface area contributed by atoms with Gasteiger partial charge in [-0.25, -0.2) is 9.78 Å². The van der Waals surface area contributed by atoms with Crippen molar-refractivity contribution in [1.29, 1.82) is 0 Å². The Morgan fingerprint density at radius 2 is 1.91 bits per heavy atom. The smallest absolute Gasteiger partial charge is 0.418 e. The molecule has 0 amide bonds. The zero-order valence-electron chi connectivity index (χ0n) is 18.2. The Labute approximate surface area is 193 Å². The predicted octanol–water partition coefficient (Wildman–Crippen LogP) is 3.72. The van der Waals surface area contributed by atoms with Crippen LogP contribution in [0.1, 0.15) is 23.4 Å². The second-order valence-electron chi connectivity index (χ2n) is 8.22. The van der Waals surface area contributed by atoms with E-state index in [-0.39, 0.29) is 16.4 Å². The minimum Gasteiger partial charge on any atom is -0.480 e. The maximum atomic E-state index is 13.4. The van der Waals surface area contributed by atoms with E-state index >= 15 is 0 Å². The standard InChI is InChI=1S/C22H25ClF3N5O2/c1-30(2)8-5-9-31-17-7-4-3-6-16(17)29-19(31)21(28,20(32)33)12-13-10-14(22(24,25)26)18(27)15(23)11-13/h3-4,6-7,10-11H,5,8-9,12,27-28H2,1-2H3,(H,32,33). The van der Waals surface area contributed by atoms with E-state index in [1.807, 2.05) is 19.0 Å². The summed E-state index contributed by atoms with van der Waals surface area (Å²) in [5.74, 6) is -1.37. The number of hydrogen-bond donors (Lipinski definition) is 3. The maximum Gasteiger partial charge on any atom is 0.418 e. The van der Waals surface area contributed by atoms with Gasteiger partial charge in [0.05, 0.1) is 27.3 Å². The zero-order valence-corrected chi connectivity index (χ0v) is 18.9. The number of aryl methyl sites for hydroxylation is 1. The fourth-order valence-electron chi connectivity index (χ4n) is 3.77. The van der Waals surface area contributed by atoms with Gasteiger partial charge in [-0.3, -0.25) is 0 Å². The quantitative estimate of drug-likeness (QED) is 0.421. The molecule has 0 spiro atoms. The highest BCUT2D eigenvalue weighted by Crippen LogP contribution is 2.39. The maximum absolute atomic E-state index is 13.4. The molecule has 0 aliphatic rings. The number of carbonyl (C=O) groups is 1. The number of nitrogen functional groups attached to an aromatic ring is 1. The first-order valence-corrected chi connectivity index (χ1v) is 10.5. The minimum absolute atomic E-state index is 0.0154. The lowest BCUT2D eigenvalue weighted by atomic mass is 9.89. The molecule has 2 aromatic carbocycles. The first-order valence-electron chi connectivity index (χ1n) is 10.1. The third-order valence-corrected chi connectivity index (χ3v) is 5.71. The Bertz CT molecular complexity index is 1180. The third-order valence-electron chi connectivity index (χ3n) is 5.40. The number of carboxylic acid groups (broad SMARTS) is 1. The monoisotopic (exact) mass is 483 g/mol. The van der Waals surface area contributed by atoms with E-state index in [0.717, 1.165) is 12.6 Å². The van der Waals surface area contributed by atoms with Gasteiger partial charge < -0.3 is 26.0 Å². The van der Waals surface area contributed by atoms with Crippen molar-refractivity contribution in [1.82, 2.24) is 14.5 Å². The highest BCUT2D eigenvalue weighted by molar-refractivity contribution is 6.33. The van der Waals surface area contributed by atoms with Gasteiger partial charge in [-0.05, 0) is 56.9 Å². The van der Waals surface area contributed by atoms with Crippen LogP contribution < -0.4 is 11.5 Å². The molecule has 11 heteroatoms. The fourth-order valence-corrected chi connectivity index (χ4v) is 4.01. The van der Waals surface area contributed by atoms with E-state index in [1.54, 1.807) is 28.8 Å². The summed E-state index contributed by atoms with van der Waals surface area (Å²) in [5.41, 5.74) is 9.23. The van der Waals surface area contributed by atoms with E-state index in [4.69, 9.17) is 23.1 Å². The minimum atomic E-state index is -4.76. The molecule has 33 heavy (non-hydrogen) atoms. The molecule has 3 rings (SSSR count). The van der Waals surface area contributed by atoms with Crippen LogP contribution in [0.5, 0.6) is 0 Å². The molecule has 0 saturated carbocycles. The van der Waals surface area contributed by atoms with Crippen molar-refractivity contribution in [3.05, 3.63) is 58.4 Å². The largest absolute Gasteiger partial charge is 0.480 e. The predicted molar refractivity (Wildman–Crippen MR) is 121 cm³/mol. The number of rotatable bonds is 8. The Balaban J connectivity index is 2.13. The SMILES string of the molecule is CN(C)CCCn1c(C(N)(Cc2cc(Cl)c(N)c(C(F)(F)F)c2)C(=O)O)nc2ccccc21. The van der Waals surface area contributed by atoms with Gasteiger partial charge in [0.15, 0.2) is 5.54 Å². The number of anilines is 1. The number of halogens is 4. The van der Waals surface area contributed by atoms with Crippen LogP contribution in [0.2, 0.25) is 5.02 Å². The molecule has 1 unspecified atom stereocenters. The molecule has 1 aromatic heterocycles. The van der Waals surface area contributed by atoms with Gasteiger partial charge in [0, 0.05) is 13.0 Å². The van der Waals surface area contributed by atoms with Crippen molar-refractivity contribution in [3.8, 4) is 0 Å². The Kier molecular flexibility index (Phi) is 6.92. The molecule has 0 fully saturated rings. The van der Waals surface area contributed by atoms with Gasteiger partial charge in [-0.1, -0.05) is 23.7 Å². The summed E-state index contributed by atoms with van der Waals surface area (Å²) in [6, 6.07) is 9.07. The van der Waals surface area contributed by atoms with Crippen LogP contribution in [-0.4, -0.2) is 46.2 Å². The highest BCUT2D eigenvalue weighted by atomic mass is 35.5. The molecular formula is C22H25ClF3N5O2. The first-order chi connectivity index (χ1) is 15.3. The number of nitrogens with zero attached hydrogens (tertiary/aromatic N) is 3. The molecule has 3 aromatic rings. The Morgan fingerprint density at radius 1 is 1.24 bits per heavy atom. The second kappa shape index (κ2) is 9.20. The Hall–Kier alpha value is -2.82. The fraction of sp³-hybridized carbons (Fsp3) is 0.364. The molecule has 7 nitrogen and oxygen atoms in total. The average Bonchev–Trinajstić information content (AvgIpc) is 3.08.